The molecule has 3 rings (SSSR count). The van der Waals surface area contributed by atoms with Crippen molar-refractivity contribution in [2.45, 2.75) is 44.6 Å². The van der Waals surface area contributed by atoms with Crippen LogP contribution in [-0.2, 0) is 0 Å². The molecule has 104 valence electrons. The van der Waals surface area contributed by atoms with Gasteiger partial charge in [-0.2, -0.15) is 5.10 Å². The van der Waals surface area contributed by atoms with Crippen molar-refractivity contribution >= 4 is 11.5 Å². The molecule has 1 heterocycles. The fourth-order valence-corrected chi connectivity index (χ4v) is 2.77. The van der Waals surface area contributed by atoms with Crippen LogP contribution in [0, 0.1) is 0 Å². The monoisotopic (exact) mass is 268 g/mol. The first-order valence-corrected chi connectivity index (χ1v) is 7.44. The zero-order valence-corrected chi connectivity index (χ0v) is 11.7. The van der Waals surface area contributed by atoms with Crippen LogP contribution in [0.25, 0.3) is 0 Å². The number of hydrogen-bond donors (Lipinski definition) is 0. The Morgan fingerprint density at radius 1 is 0.900 bits per heavy atom. The predicted molar refractivity (Wildman–Crippen MR) is 79.6 cm³/mol. The van der Waals surface area contributed by atoms with Gasteiger partial charge < -0.3 is 0 Å². The highest BCUT2D eigenvalue weighted by Gasteiger charge is 2.17. The molecule has 0 aliphatic heterocycles. The van der Waals surface area contributed by atoms with Crippen LogP contribution >= 0.6 is 0 Å². The normalized spacial score (nSPS) is 17.4. The molecule has 0 atom stereocenters. The molecule has 0 saturated heterocycles. The third-order valence-corrected chi connectivity index (χ3v) is 3.84. The van der Waals surface area contributed by atoms with Crippen LogP contribution in [0.2, 0.25) is 0 Å². The topological polar surface area (TPSA) is 42.5 Å². The lowest BCUT2D eigenvalue weighted by Crippen LogP contribution is -2.09. The van der Waals surface area contributed by atoms with Gasteiger partial charge >= 0.3 is 0 Å². The lowest BCUT2D eigenvalue weighted by molar-refractivity contribution is 0.408. The number of nitrogens with zero attached hydrogens (tertiary/aromatic N) is 4. The molecule has 1 aliphatic carbocycles. The first-order valence-electron chi connectivity index (χ1n) is 7.44. The van der Waals surface area contributed by atoms with Crippen LogP contribution in [0.4, 0.5) is 11.5 Å². The summed E-state index contributed by atoms with van der Waals surface area (Å²) in [6, 6.07) is 12.3. The summed E-state index contributed by atoms with van der Waals surface area (Å²) in [5.74, 6) is 0.862. The predicted octanol–water partition coefficient (Wildman–Crippen LogP) is 5.19. The van der Waals surface area contributed by atoms with Crippen molar-refractivity contribution in [3.63, 3.8) is 0 Å². The number of aromatic nitrogens is 2. The molecule has 0 bridgehead atoms. The van der Waals surface area contributed by atoms with Crippen molar-refractivity contribution in [3.8, 4) is 0 Å². The largest absolute Gasteiger partial charge is 0.243 e. The van der Waals surface area contributed by atoms with E-state index in [2.05, 4.69) is 20.0 Å². The Bertz CT molecular complexity index is 551. The highest BCUT2D eigenvalue weighted by molar-refractivity contribution is 5.36. The molecular formula is C16H20N4. The van der Waals surface area contributed by atoms with E-state index in [4.69, 9.17) is 0 Å². The average molecular weight is 268 g/mol. The van der Waals surface area contributed by atoms with Gasteiger partial charge in [-0.1, -0.05) is 43.9 Å². The molecule has 1 aromatic carbocycles. The molecule has 1 fully saturated rings. The van der Waals surface area contributed by atoms with Crippen molar-refractivity contribution in [3.05, 3.63) is 42.6 Å². The smallest absolute Gasteiger partial charge is 0.173 e. The molecule has 20 heavy (non-hydrogen) atoms. The van der Waals surface area contributed by atoms with Crippen LogP contribution in [0.15, 0.2) is 52.8 Å². The summed E-state index contributed by atoms with van der Waals surface area (Å²) in [7, 11) is 0. The molecule has 0 spiro atoms. The van der Waals surface area contributed by atoms with E-state index in [1.807, 2.05) is 42.6 Å². The Morgan fingerprint density at radius 2 is 1.65 bits per heavy atom. The number of hydrogen-bond acceptors (Lipinski definition) is 3. The van der Waals surface area contributed by atoms with E-state index in [1.54, 1.807) is 0 Å². The quantitative estimate of drug-likeness (QED) is 0.557. The summed E-state index contributed by atoms with van der Waals surface area (Å²) in [5, 5.41) is 13.1. The van der Waals surface area contributed by atoms with E-state index in [9.17, 15) is 0 Å². The van der Waals surface area contributed by atoms with E-state index in [0.29, 0.717) is 6.04 Å². The van der Waals surface area contributed by atoms with Gasteiger partial charge in [0.1, 0.15) is 0 Å². The van der Waals surface area contributed by atoms with Gasteiger partial charge in [0.25, 0.3) is 0 Å². The van der Waals surface area contributed by atoms with Crippen LogP contribution in [0.3, 0.4) is 0 Å². The Balaban J connectivity index is 1.77. The number of benzene rings is 1. The van der Waals surface area contributed by atoms with E-state index in [1.165, 1.54) is 38.5 Å². The lowest BCUT2D eigenvalue weighted by Gasteiger charge is -2.15. The molecule has 1 saturated carbocycles. The minimum Gasteiger partial charge on any atom is -0.243 e. The van der Waals surface area contributed by atoms with E-state index < -0.39 is 0 Å². The molecule has 1 aromatic heterocycles. The summed E-state index contributed by atoms with van der Waals surface area (Å²) >= 11 is 0. The van der Waals surface area contributed by atoms with Crippen molar-refractivity contribution < 1.29 is 0 Å². The highest BCUT2D eigenvalue weighted by atomic mass is 15.4. The zero-order valence-electron chi connectivity index (χ0n) is 11.7. The average Bonchev–Trinajstić information content (AvgIpc) is 2.79. The van der Waals surface area contributed by atoms with E-state index >= 15 is 0 Å². The highest BCUT2D eigenvalue weighted by Crippen LogP contribution is 2.30. The lowest BCUT2D eigenvalue weighted by atomic mass is 10.1. The van der Waals surface area contributed by atoms with Crippen molar-refractivity contribution in [1.82, 2.24) is 9.78 Å². The molecule has 2 aromatic rings. The second-order valence-corrected chi connectivity index (χ2v) is 5.31. The summed E-state index contributed by atoms with van der Waals surface area (Å²) in [5.41, 5.74) is 0.876. The van der Waals surface area contributed by atoms with Gasteiger partial charge in [-0.15, -0.1) is 10.2 Å². The van der Waals surface area contributed by atoms with Gasteiger partial charge in [0.05, 0.1) is 17.9 Å². The second-order valence-electron chi connectivity index (χ2n) is 5.31. The van der Waals surface area contributed by atoms with Crippen molar-refractivity contribution in [1.29, 1.82) is 0 Å². The molecule has 4 heteroatoms. The first-order chi connectivity index (χ1) is 9.93. The molecule has 1 aliphatic rings. The van der Waals surface area contributed by atoms with Gasteiger partial charge in [0.2, 0.25) is 0 Å². The standard InChI is InChI=1S/C16H20N4/c1-2-7-11-15(10-6-1)20-16(12-13-17-20)19-18-14-8-4-3-5-9-14/h3-5,8-9,12-13,15H,1-2,6-7,10-11H2. The second kappa shape index (κ2) is 6.46. The van der Waals surface area contributed by atoms with Crippen LogP contribution in [-0.4, -0.2) is 9.78 Å². The van der Waals surface area contributed by atoms with Crippen molar-refractivity contribution in [2.24, 2.45) is 10.2 Å². The van der Waals surface area contributed by atoms with Crippen LogP contribution in [0.5, 0.6) is 0 Å². The van der Waals surface area contributed by atoms with Gasteiger partial charge in [0.15, 0.2) is 5.82 Å². The zero-order chi connectivity index (χ0) is 13.6. The summed E-state index contributed by atoms with van der Waals surface area (Å²) < 4.78 is 2.05. The molecule has 0 amide bonds. The maximum Gasteiger partial charge on any atom is 0.173 e. The fourth-order valence-electron chi connectivity index (χ4n) is 2.77. The summed E-state index contributed by atoms with van der Waals surface area (Å²) in [6.07, 6.45) is 9.51. The van der Waals surface area contributed by atoms with Crippen LogP contribution < -0.4 is 0 Å². The van der Waals surface area contributed by atoms with Crippen molar-refractivity contribution in [2.75, 3.05) is 0 Å². The molecule has 0 radical (unpaired) electrons. The maximum absolute atomic E-state index is 4.46. The SMILES string of the molecule is c1ccc(N=Nc2ccnn2C2CCCCCC2)cc1. The summed E-state index contributed by atoms with van der Waals surface area (Å²) in [4.78, 5) is 0. The van der Waals surface area contributed by atoms with E-state index in [-0.39, 0.29) is 0 Å². The Hall–Kier alpha value is -1.97. The van der Waals surface area contributed by atoms with E-state index in [0.717, 1.165) is 11.5 Å². The Kier molecular flexibility index (Phi) is 4.21. The third-order valence-electron chi connectivity index (χ3n) is 3.84. The Morgan fingerprint density at radius 3 is 2.40 bits per heavy atom. The number of azo groups is 1. The molecule has 0 N–H and O–H groups in total. The summed E-state index contributed by atoms with van der Waals surface area (Å²) in [6.45, 7) is 0. The first kappa shape index (κ1) is 13.0. The van der Waals surface area contributed by atoms with Crippen LogP contribution in [0.1, 0.15) is 44.6 Å². The fraction of sp³-hybridized carbons (Fsp3) is 0.438. The minimum absolute atomic E-state index is 0.484. The molecule has 0 unspecified atom stereocenters. The molecule has 4 nitrogen and oxygen atoms in total. The Labute approximate surface area is 119 Å². The third kappa shape index (κ3) is 3.13. The molecular weight excluding hydrogens is 248 g/mol. The van der Waals surface area contributed by atoms with Gasteiger partial charge in [-0.25, -0.2) is 4.68 Å². The minimum atomic E-state index is 0.484. The van der Waals surface area contributed by atoms with Gasteiger partial charge in [-0.05, 0) is 25.0 Å². The maximum atomic E-state index is 4.46. The van der Waals surface area contributed by atoms with Gasteiger partial charge in [0, 0.05) is 6.07 Å². The van der Waals surface area contributed by atoms with Gasteiger partial charge in [-0.3, -0.25) is 0 Å². The number of rotatable bonds is 3.